The van der Waals surface area contributed by atoms with E-state index in [4.69, 9.17) is 4.98 Å². The monoisotopic (exact) mass is 370 g/mol. The van der Waals surface area contributed by atoms with Crippen molar-refractivity contribution in [1.29, 1.82) is 0 Å². The number of aryl methyl sites for hydroxylation is 1. The highest BCUT2D eigenvalue weighted by Gasteiger charge is 2.13. The van der Waals surface area contributed by atoms with Crippen molar-refractivity contribution in [3.63, 3.8) is 0 Å². The fraction of sp³-hybridized carbons (Fsp3) is 0.0870. The van der Waals surface area contributed by atoms with Crippen molar-refractivity contribution >= 4 is 16.9 Å². The number of hydrogen-bond donors (Lipinski definition) is 1. The van der Waals surface area contributed by atoms with Gasteiger partial charge in [-0.05, 0) is 36.2 Å². The van der Waals surface area contributed by atoms with E-state index in [1.165, 1.54) is 0 Å². The zero-order chi connectivity index (χ0) is 19.5. The maximum absolute atomic E-state index is 13.1. The number of benzene rings is 3. The first-order valence-corrected chi connectivity index (χ1v) is 9.01. The maximum atomic E-state index is 13.1. The molecular weight excluding hydrogens is 352 g/mol. The second-order valence-electron chi connectivity index (χ2n) is 6.53. The van der Waals surface area contributed by atoms with Crippen molar-refractivity contribution in [1.82, 2.24) is 9.55 Å². The number of aromatic carboxylic acids is 1. The summed E-state index contributed by atoms with van der Waals surface area (Å²) in [6.45, 7) is 0.407. The predicted molar refractivity (Wildman–Crippen MR) is 109 cm³/mol. The molecular formula is C23H18N2O3. The Balaban J connectivity index is 1.79. The summed E-state index contributed by atoms with van der Waals surface area (Å²) in [7, 11) is 0. The van der Waals surface area contributed by atoms with Crippen LogP contribution in [-0.2, 0) is 13.0 Å². The van der Waals surface area contributed by atoms with Gasteiger partial charge >= 0.3 is 5.97 Å². The number of fused-ring (bicyclic) bond motifs is 1. The molecule has 0 aliphatic carbocycles. The molecule has 1 aromatic heterocycles. The summed E-state index contributed by atoms with van der Waals surface area (Å²) in [5.41, 5.74) is 2.53. The molecule has 0 radical (unpaired) electrons. The average Bonchev–Trinajstić information content (AvgIpc) is 2.74. The normalized spacial score (nSPS) is 10.9. The summed E-state index contributed by atoms with van der Waals surface area (Å²) in [6, 6.07) is 23.7. The first-order chi connectivity index (χ1) is 13.6. The Bertz CT molecular complexity index is 1210. The van der Waals surface area contributed by atoms with Crippen molar-refractivity contribution in [2.24, 2.45) is 0 Å². The molecule has 0 aliphatic rings. The lowest BCUT2D eigenvalue weighted by Gasteiger charge is -2.14. The topological polar surface area (TPSA) is 72.2 Å². The number of rotatable bonds is 5. The number of carbonyl (C=O) groups is 1. The van der Waals surface area contributed by atoms with Gasteiger partial charge in [0.25, 0.3) is 5.56 Å². The zero-order valence-electron chi connectivity index (χ0n) is 15.1. The number of carboxylic acids is 1. The minimum absolute atomic E-state index is 0.0983. The van der Waals surface area contributed by atoms with Crippen LogP contribution >= 0.6 is 0 Å². The number of hydrogen-bond acceptors (Lipinski definition) is 3. The first kappa shape index (κ1) is 17.7. The van der Waals surface area contributed by atoms with Gasteiger partial charge in [-0.1, -0.05) is 54.6 Å². The van der Waals surface area contributed by atoms with Crippen LogP contribution in [0.25, 0.3) is 22.3 Å². The SMILES string of the molecule is O=C(O)c1cccc(CCn2c(-c3ccccc3)nc3ccccc3c2=O)c1. The molecule has 1 heterocycles. The van der Waals surface area contributed by atoms with Crippen molar-refractivity contribution in [3.8, 4) is 11.4 Å². The van der Waals surface area contributed by atoms with E-state index in [0.717, 1.165) is 11.1 Å². The quantitative estimate of drug-likeness (QED) is 0.576. The smallest absolute Gasteiger partial charge is 0.335 e. The van der Waals surface area contributed by atoms with Gasteiger partial charge < -0.3 is 5.11 Å². The van der Waals surface area contributed by atoms with Gasteiger partial charge in [-0.3, -0.25) is 9.36 Å². The molecule has 0 unspecified atom stereocenters. The molecule has 0 atom stereocenters. The van der Waals surface area contributed by atoms with Crippen LogP contribution in [0.4, 0.5) is 0 Å². The van der Waals surface area contributed by atoms with Gasteiger partial charge in [-0.2, -0.15) is 0 Å². The summed E-state index contributed by atoms with van der Waals surface area (Å²) in [5, 5.41) is 9.76. The van der Waals surface area contributed by atoms with Crippen molar-refractivity contribution in [2.45, 2.75) is 13.0 Å². The molecule has 0 fully saturated rings. The third kappa shape index (κ3) is 3.42. The van der Waals surface area contributed by atoms with Gasteiger partial charge in [-0.25, -0.2) is 9.78 Å². The summed E-state index contributed by atoms with van der Waals surface area (Å²) in [4.78, 5) is 29.1. The molecule has 4 rings (SSSR count). The number of para-hydroxylation sites is 1. The molecule has 5 heteroatoms. The third-order valence-electron chi connectivity index (χ3n) is 4.69. The standard InChI is InChI=1S/C23H18N2O3/c26-22-19-11-4-5-12-20(19)24-21(17-8-2-1-3-9-17)25(22)14-13-16-7-6-10-18(15-16)23(27)28/h1-12,15H,13-14H2,(H,27,28). The molecule has 0 amide bonds. The van der Waals surface area contributed by atoms with E-state index in [-0.39, 0.29) is 11.1 Å². The van der Waals surface area contributed by atoms with Crippen LogP contribution in [0.15, 0.2) is 83.7 Å². The number of carboxylic acid groups (broad SMARTS) is 1. The molecule has 5 nitrogen and oxygen atoms in total. The highest BCUT2D eigenvalue weighted by molar-refractivity contribution is 5.87. The highest BCUT2D eigenvalue weighted by Crippen LogP contribution is 2.19. The minimum Gasteiger partial charge on any atom is -0.478 e. The molecule has 4 aromatic rings. The highest BCUT2D eigenvalue weighted by atomic mass is 16.4. The lowest BCUT2D eigenvalue weighted by molar-refractivity contribution is 0.0696. The number of aromatic nitrogens is 2. The van der Waals surface area contributed by atoms with Gasteiger partial charge in [0.15, 0.2) is 0 Å². The summed E-state index contributed by atoms with van der Waals surface area (Å²) < 4.78 is 1.67. The Morgan fingerprint density at radius 3 is 2.46 bits per heavy atom. The van der Waals surface area contributed by atoms with Crippen molar-refractivity contribution in [2.75, 3.05) is 0 Å². The molecule has 28 heavy (non-hydrogen) atoms. The van der Waals surface area contributed by atoms with Gasteiger partial charge in [0, 0.05) is 12.1 Å². The lowest BCUT2D eigenvalue weighted by Crippen LogP contribution is -2.24. The van der Waals surface area contributed by atoms with Crippen molar-refractivity contribution < 1.29 is 9.90 Å². The van der Waals surface area contributed by atoms with E-state index >= 15 is 0 Å². The molecule has 0 bridgehead atoms. The fourth-order valence-electron chi connectivity index (χ4n) is 3.28. The number of nitrogens with zero attached hydrogens (tertiary/aromatic N) is 2. The third-order valence-corrected chi connectivity index (χ3v) is 4.69. The Labute approximate surface area is 161 Å². The molecule has 3 aromatic carbocycles. The van der Waals surface area contributed by atoms with Crippen LogP contribution in [0.1, 0.15) is 15.9 Å². The lowest BCUT2D eigenvalue weighted by atomic mass is 10.1. The van der Waals surface area contributed by atoms with Gasteiger partial charge in [0.05, 0.1) is 16.5 Å². The van der Waals surface area contributed by atoms with Gasteiger partial charge in [0.2, 0.25) is 0 Å². The largest absolute Gasteiger partial charge is 0.478 e. The average molecular weight is 370 g/mol. The van der Waals surface area contributed by atoms with Crippen LogP contribution in [-0.4, -0.2) is 20.6 Å². The molecule has 1 N–H and O–H groups in total. The second-order valence-corrected chi connectivity index (χ2v) is 6.53. The van der Waals surface area contributed by atoms with Gasteiger partial charge in [-0.15, -0.1) is 0 Å². The maximum Gasteiger partial charge on any atom is 0.335 e. The molecule has 138 valence electrons. The van der Waals surface area contributed by atoms with Crippen LogP contribution in [0.5, 0.6) is 0 Å². The second kappa shape index (κ2) is 7.48. The van der Waals surface area contributed by atoms with E-state index < -0.39 is 5.97 Å². The Morgan fingerprint density at radius 1 is 0.929 bits per heavy atom. The predicted octanol–water partition coefficient (Wildman–Crippen LogP) is 4.00. The Kier molecular flexibility index (Phi) is 4.72. The van der Waals surface area contributed by atoms with Gasteiger partial charge in [0.1, 0.15) is 5.82 Å². The fourth-order valence-corrected chi connectivity index (χ4v) is 3.28. The molecule has 0 aliphatic heterocycles. The van der Waals surface area contributed by atoms with Crippen molar-refractivity contribution in [3.05, 3.63) is 100 Å². The molecule has 0 spiro atoms. The van der Waals surface area contributed by atoms with E-state index in [1.54, 1.807) is 28.8 Å². The molecule has 0 saturated heterocycles. The summed E-state index contributed by atoms with van der Waals surface area (Å²) in [6.07, 6.45) is 0.529. The van der Waals surface area contributed by atoms with Crippen LogP contribution in [0.2, 0.25) is 0 Å². The van der Waals surface area contributed by atoms with E-state index in [1.807, 2.05) is 54.6 Å². The molecule has 0 saturated carbocycles. The Morgan fingerprint density at radius 2 is 1.68 bits per heavy atom. The summed E-state index contributed by atoms with van der Waals surface area (Å²) >= 11 is 0. The van der Waals surface area contributed by atoms with Crippen LogP contribution in [0, 0.1) is 0 Å². The van der Waals surface area contributed by atoms with Crippen LogP contribution in [0.3, 0.4) is 0 Å². The Hall–Kier alpha value is -3.73. The van der Waals surface area contributed by atoms with E-state index in [2.05, 4.69) is 0 Å². The van der Waals surface area contributed by atoms with E-state index in [0.29, 0.717) is 29.7 Å². The first-order valence-electron chi connectivity index (χ1n) is 9.01. The van der Waals surface area contributed by atoms with E-state index in [9.17, 15) is 14.7 Å². The minimum atomic E-state index is -0.962. The van der Waals surface area contributed by atoms with Crippen LogP contribution < -0.4 is 5.56 Å². The zero-order valence-corrected chi connectivity index (χ0v) is 15.1. The summed E-state index contributed by atoms with van der Waals surface area (Å²) in [5.74, 6) is -0.352.